The molecule has 1 aromatic heterocycles. The molecule has 0 aliphatic heterocycles. The van der Waals surface area contributed by atoms with Crippen LogP contribution in [-0.4, -0.2) is 28.5 Å². The van der Waals surface area contributed by atoms with Gasteiger partial charge in [-0.25, -0.2) is 4.98 Å². The van der Waals surface area contributed by atoms with Crippen LogP contribution < -0.4 is 10.1 Å². The molecule has 2 rings (SSSR count). The highest BCUT2D eigenvalue weighted by molar-refractivity contribution is 6.20. The van der Waals surface area contributed by atoms with Crippen molar-refractivity contribution in [3.63, 3.8) is 0 Å². The van der Waals surface area contributed by atoms with Crippen LogP contribution in [0.1, 0.15) is 44.7 Å². The maximum atomic E-state index is 6.22. The number of hydrogen-bond acceptors (Lipinski definition) is 4. The van der Waals surface area contributed by atoms with E-state index in [1.54, 1.807) is 0 Å². The number of halogens is 1. The van der Waals surface area contributed by atoms with Crippen LogP contribution in [0.2, 0.25) is 0 Å². The lowest BCUT2D eigenvalue weighted by molar-refractivity contribution is 0.304. The smallest absolute Gasteiger partial charge is 0.226 e. The number of nitrogens with zero attached hydrogens (tertiary/aromatic N) is 2. The number of alkyl halides is 1. The Bertz CT molecular complexity index is 428. The zero-order chi connectivity index (χ0) is 14.4. The van der Waals surface area contributed by atoms with E-state index in [2.05, 4.69) is 22.2 Å². The Morgan fingerprint density at radius 2 is 2.25 bits per heavy atom. The van der Waals surface area contributed by atoms with E-state index in [1.165, 1.54) is 12.8 Å². The van der Waals surface area contributed by atoms with E-state index in [0.717, 1.165) is 31.5 Å². The number of rotatable bonds is 6. The fourth-order valence-electron chi connectivity index (χ4n) is 2.55. The van der Waals surface area contributed by atoms with E-state index in [1.807, 2.05) is 13.0 Å². The number of aromatic nitrogens is 2. The van der Waals surface area contributed by atoms with Gasteiger partial charge in [0.2, 0.25) is 11.8 Å². The van der Waals surface area contributed by atoms with E-state index in [4.69, 9.17) is 16.3 Å². The van der Waals surface area contributed by atoms with Gasteiger partial charge in [0.15, 0.2) is 0 Å². The second-order valence-corrected chi connectivity index (χ2v) is 6.15. The van der Waals surface area contributed by atoms with Crippen molar-refractivity contribution in [1.82, 2.24) is 9.97 Å². The van der Waals surface area contributed by atoms with Crippen molar-refractivity contribution in [2.75, 3.05) is 18.5 Å². The van der Waals surface area contributed by atoms with Gasteiger partial charge < -0.3 is 10.1 Å². The standard InChI is InChI=1S/C15H24ClN3O/c1-3-7-20-14-8-11(2)18-15(19-14)17-10-12-5-4-6-13(16)9-12/h8,12-13H,3-7,9-10H2,1-2H3,(H,17,18,19). The molecule has 1 aliphatic carbocycles. The van der Waals surface area contributed by atoms with Gasteiger partial charge in [-0.2, -0.15) is 4.98 Å². The highest BCUT2D eigenvalue weighted by atomic mass is 35.5. The molecule has 1 aromatic rings. The summed E-state index contributed by atoms with van der Waals surface area (Å²) in [6.45, 7) is 5.62. The van der Waals surface area contributed by atoms with Crippen molar-refractivity contribution in [3.8, 4) is 5.88 Å². The third-order valence-electron chi connectivity index (χ3n) is 3.55. The van der Waals surface area contributed by atoms with Crippen LogP contribution in [0.25, 0.3) is 0 Å². The van der Waals surface area contributed by atoms with Crippen molar-refractivity contribution in [3.05, 3.63) is 11.8 Å². The Kier molecular flexibility index (Phi) is 5.89. The fraction of sp³-hybridized carbons (Fsp3) is 0.733. The maximum Gasteiger partial charge on any atom is 0.226 e. The Hall–Kier alpha value is -1.03. The SMILES string of the molecule is CCCOc1cc(C)nc(NCC2CCCC(Cl)C2)n1. The van der Waals surface area contributed by atoms with Gasteiger partial charge in [0.05, 0.1) is 6.61 Å². The molecule has 0 amide bonds. The first-order valence-electron chi connectivity index (χ1n) is 7.53. The van der Waals surface area contributed by atoms with Crippen LogP contribution in [0.15, 0.2) is 6.07 Å². The number of anilines is 1. The number of aryl methyl sites for hydroxylation is 1. The van der Waals surface area contributed by atoms with Crippen LogP contribution >= 0.6 is 11.6 Å². The minimum atomic E-state index is 0.331. The van der Waals surface area contributed by atoms with Gasteiger partial charge in [-0.3, -0.25) is 0 Å². The summed E-state index contributed by atoms with van der Waals surface area (Å²) in [6.07, 6.45) is 5.67. The molecule has 0 radical (unpaired) electrons. The third kappa shape index (κ3) is 4.82. The second kappa shape index (κ2) is 7.67. The summed E-state index contributed by atoms with van der Waals surface area (Å²) < 4.78 is 5.57. The largest absolute Gasteiger partial charge is 0.478 e. The summed E-state index contributed by atoms with van der Waals surface area (Å²) in [6, 6.07) is 1.87. The minimum absolute atomic E-state index is 0.331. The van der Waals surface area contributed by atoms with E-state index in [9.17, 15) is 0 Å². The van der Waals surface area contributed by atoms with Crippen molar-refractivity contribution in [2.24, 2.45) is 5.92 Å². The Balaban J connectivity index is 1.89. The molecule has 112 valence electrons. The first kappa shape index (κ1) is 15.4. The number of nitrogens with one attached hydrogen (secondary N) is 1. The lowest BCUT2D eigenvalue weighted by atomic mass is 9.89. The first-order valence-corrected chi connectivity index (χ1v) is 7.97. The molecule has 5 heteroatoms. The molecular weight excluding hydrogens is 274 g/mol. The molecule has 2 atom stereocenters. The van der Waals surface area contributed by atoms with Gasteiger partial charge in [-0.15, -0.1) is 11.6 Å². The zero-order valence-electron chi connectivity index (χ0n) is 12.4. The molecule has 2 unspecified atom stereocenters. The highest BCUT2D eigenvalue weighted by Crippen LogP contribution is 2.27. The highest BCUT2D eigenvalue weighted by Gasteiger charge is 2.20. The molecule has 4 nitrogen and oxygen atoms in total. The summed E-state index contributed by atoms with van der Waals surface area (Å²) in [4.78, 5) is 8.81. The predicted molar refractivity (Wildman–Crippen MR) is 82.6 cm³/mol. The van der Waals surface area contributed by atoms with Crippen molar-refractivity contribution in [1.29, 1.82) is 0 Å². The Morgan fingerprint density at radius 3 is 3.00 bits per heavy atom. The van der Waals surface area contributed by atoms with Crippen LogP contribution in [0, 0.1) is 12.8 Å². The summed E-state index contributed by atoms with van der Waals surface area (Å²) in [5.41, 5.74) is 0.924. The summed E-state index contributed by atoms with van der Waals surface area (Å²) >= 11 is 6.22. The zero-order valence-corrected chi connectivity index (χ0v) is 13.1. The Morgan fingerprint density at radius 1 is 1.40 bits per heavy atom. The van der Waals surface area contributed by atoms with Crippen LogP contribution in [-0.2, 0) is 0 Å². The lowest BCUT2D eigenvalue weighted by Crippen LogP contribution is -2.23. The summed E-state index contributed by atoms with van der Waals surface area (Å²) in [7, 11) is 0. The molecule has 0 spiro atoms. The number of ether oxygens (including phenoxy) is 1. The molecule has 1 fully saturated rings. The summed E-state index contributed by atoms with van der Waals surface area (Å²) in [5.74, 6) is 1.93. The first-order chi connectivity index (χ1) is 9.67. The van der Waals surface area contributed by atoms with Crippen molar-refractivity contribution >= 4 is 17.5 Å². The van der Waals surface area contributed by atoms with Crippen molar-refractivity contribution < 1.29 is 4.74 Å². The number of hydrogen-bond donors (Lipinski definition) is 1. The maximum absolute atomic E-state index is 6.22. The van der Waals surface area contributed by atoms with E-state index >= 15 is 0 Å². The van der Waals surface area contributed by atoms with Gasteiger partial charge in [0.25, 0.3) is 0 Å². The topological polar surface area (TPSA) is 47.0 Å². The molecule has 1 heterocycles. The van der Waals surface area contributed by atoms with Crippen molar-refractivity contribution in [2.45, 2.75) is 51.3 Å². The quantitative estimate of drug-likeness (QED) is 0.812. The van der Waals surface area contributed by atoms with Gasteiger partial charge in [0, 0.05) is 23.7 Å². The average Bonchev–Trinajstić information content (AvgIpc) is 2.42. The van der Waals surface area contributed by atoms with Crippen LogP contribution in [0.4, 0.5) is 5.95 Å². The fourth-order valence-corrected chi connectivity index (χ4v) is 2.95. The molecule has 20 heavy (non-hydrogen) atoms. The lowest BCUT2D eigenvalue weighted by Gasteiger charge is -2.25. The summed E-state index contributed by atoms with van der Waals surface area (Å²) in [5, 5.41) is 3.66. The predicted octanol–water partition coefficient (Wildman–Crippen LogP) is 3.78. The van der Waals surface area contributed by atoms with Crippen LogP contribution in [0.5, 0.6) is 5.88 Å². The molecule has 1 aliphatic rings. The normalized spacial score (nSPS) is 22.6. The molecular formula is C15H24ClN3O. The van der Waals surface area contributed by atoms with Gasteiger partial charge >= 0.3 is 0 Å². The molecule has 0 saturated heterocycles. The average molecular weight is 298 g/mol. The monoisotopic (exact) mass is 297 g/mol. The third-order valence-corrected chi connectivity index (χ3v) is 3.95. The molecule has 1 N–H and O–H groups in total. The Labute approximate surface area is 126 Å². The van der Waals surface area contributed by atoms with Gasteiger partial charge in [0.1, 0.15) is 0 Å². The molecule has 0 bridgehead atoms. The van der Waals surface area contributed by atoms with E-state index in [-0.39, 0.29) is 0 Å². The van der Waals surface area contributed by atoms with Crippen LogP contribution in [0.3, 0.4) is 0 Å². The van der Waals surface area contributed by atoms with E-state index < -0.39 is 0 Å². The minimum Gasteiger partial charge on any atom is -0.478 e. The van der Waals surface area contributed by atoms with Gasteiger partial charge in [-0.05, 0) is 38.5 Å². The van der Waals surface area contributed by atoms with E-state index in [0.29, 0.717) is 29.7 Å². The van der Waals surface area contributed by atoms with Gasteiger partial charge in [-0.1, -0.05) is 13.3 Å². The second-order valence-electron chi connectivity index (χ2n) is 5.53. The molecule has 0 aromatic carbocycles. The molecule has 1 saturated carbocycles.